The monoisotopic (exact) mass is 210 g/mol. The Bertz CT molecular complexity index is 395. The Morgan fingerprint density at radius 2 is 2.43 bits per heavy atom. The molecule has 0 bridgehead atoms. The molecule has 0 aliphatic heterocycles. The predicted octanol–water partition coefficient (Wildman–Crippen LogP) is 1.97. The highest BCUT2D eigenvalue weighted by Crippen LogP contribution is 2.09. The molecule has 0 spiro atoms. The summed E-state index contributed by atoms with van der Waals surface area (Å²) in [6.45, 7) is 0. The molecule has 0 fully saturated rings. The highest BCUT2D eigenvalue weighted by atomic mass is 35.5. The minimum absolute atomic E-state index is 0.00447. The first-order valence-electron chi connectivity index (χ1n) is 3.89. The van der Waals surface area contributed by atoms with E-state index >= 15 is 0 Å². The number of rotatable bonds is 2. The molecule has 4 nitrogen and oxygen atoms in total. The van der Waals surface area contributed by atoms with E-state index in [9.17, 15) is 10.1 Å². The van der Waals surface area contributed by atoms with Crippen molar-refractivity contribution >= 4 is 17.3 Å². The van der Waals surface area contributed by atoms with Gasteiger partial charge in [0.25, 0.3) is 5.69 Å². The van der Waals surface area contributed by atoms with Crippen LogP contribution in [0, 0.1) is 22.0 Å². The summed E-state index contributed by atoms with van der Waals surface area (Å²) in [5, 5.41) is 10.4. The molecule has 0 saturated carbocycles. The van der Waals surface area contributed by atoms with Crippen LogP contribution in [0.5, 0.6) is 0 Å². The van der Waals surface area contributed by atoms with E-state index in [-0.39, 0.29) is 5.69 Å². The molecule has 1 rings (SSSR count). The van der Waals surface area contributed by atoms with Crippen molar-refractivity contribution in [3.8, 4) is 11.8 Å². The average molecular weight is 211 g/mol. The van der Waals surface area contributed by atoms with E-state index < -0.39 is 4.92 Å². The summed E-state index contributed by atoms with van der Waals surface area (Å²) in [6.07, 6.45) is 1.91. The van der Waals surface area contributed by atoms with Crippen molar-refractivity contribution in [3.63, 3.8) is 0 Å². The molecule has 72 valence electrons. The van der Waals surface area contributed by atoms with Gasteiger partial charge in [0.1, 0.15) is 5.69 Å². The van der Waals surface area contributed by atoms with Crippen molar-refractivity contribution in [2.75, 3.05) is 5.88 Å². The largest absolute Gasteiger partial charge is 0.273 e. The Hall–Kier alpha value is -1.60. The Kier molecular flexibility index (Phi) is 3.89. The lowest BCUT2D eigenvalue weighted by Gasteiger charge is -1.90. The third-order valence-electron chi connectivity index (χ3n) is 1.39. The summed E-state index contributed by atoms with van der Waals surface area (Å²) < 4.78 is 0. The van der Waals surface area contributed by atoms with Crippen molar-refractivity contribution in [1.29, 1.82) is 0 Å². The maximum atomic E-state index is 10.4. The number of hydrogen-bond acceptors (Lipinski definition) is 3. The lowest BCUT2D eigenvalue weighted by molar-refractivity contribution is -0.385. The van der Waals surface area contributed by atoms with Gasteiger partial charge in [-0.25, -0.2) is 4.98 Å². The van der Waals surface area contributed by atoms with Crippen molar-refractivity contribution in [2.24, 2.45) is 0 Å². The van der Waals surface area contributed by atoms with Crippen LogP contribution in [0.2, 0.25) is 0 Å². The summed E-state index contributed by atoms with van der Waals surface area (Å²) in [6, 6.07) is 2.66. The van der Waals surface area contributed by atoms with E-state index in [1.165, 1.54) is 18.3 Å². The van der Waals surface area contributed by atoms with Crippen molar-refractivity contribution in [2.45, 2.75) is 6.42 Å². The second kappa shape index (κ2) is 5.20. The fourth-order valence-corrected chi connectivity index (χ4v) is 0.896. The maximum Gasteiger partial charge on any atom is 0.273 e. The van der Waals surface area contributed by atoms with Gasteiger partial charge < -0.3 is 0 Å². The first kappa shape index (κ1) is 10.5. The highest BCUT2D eigenvalue weighted by molar-refractivity contribution is 6.18. The van der Waals surface area contributed by atoms with Crippen molar-refractivity contribution < 1.29 is 4.92 Å². The Labute approximate surface area is 86.1 Å². The van der Waals surface area contributed by atoms with Gasteiger partial charge in [-0.3, -0.25) is 10.1 Å². The molecule has 1 aromatic heterocycles. The molecule has 0 radical (unpaired) electrons. The van der Waals surface area contributed by atoms with Gasteiger partial charge in [0, 0.05) is 24.6 Å². The third kappa shape index (κ3) is 3.04. The molecule has 0 saturated heterocycles. The fraction of sp³-hybridized carbons (Fsp3) is 0.222. The zero-order valence-electron chi connectivity index (χ0n) is 7.24. The minimum atomic E-state index is -0.478. The smallest absolute Gasteiger partial charge is 0.258 e. The number of nitro groups is 1. The Balaban J connectivity index is 2.85. The van der Waals surface area contributed by atoms with Crippen molar-refractivity contribution in [1.82, 2.24) is 4.98 Å². The third-order valence-corrected chi connectivity index (χ3v) is 1.58. The summed E-state index contributed by atoms with van der Waals surface area (Å²) >= 11 is 5.42. The lowest BCUT2D eigenvalue weighted by Crippen LogP contribution is -1.90. The highest BCUT2D eigenvalue weighted by Gasteiger charge is 2.04. The number of hydrogen-bond donors (Lipinski definition) is 0. The van der Waals surface area contributed by atoms with Gasteiger partial charge in [-0.05, 0) is 5.92 Å². The second-order valence-corrected chi connectivity index (χ2v) is 2.78. The zero-order valence-corrected chi connectivity index (χ0v) is 7.99. The van der Waals surface area contributed by atoms with Crippen LogP contribution in [0.1, 0.15) is 12.1 Å². The minimum Gasteiger partial charge on any atom is -0.258 e. The summed E-state index contributed by atoms with van der Waals surface area (Å²) in [4.78, 5) is 13.8. The Morgan fingerprint density at radius 3 is 3.07 bits per heavy atom. The van der Waals surface area contributed by atoms with E-state index in [1.807, 2.05) is 0 Å². The second-order valence-electron chi connectivity index (χ2n) is 2.40. The van der Waals surface area contributed by atoms with Crippen LogP contribution in [-0.2, 0) is 0 Å². The van der Waals surface area contributed by atoms with E-state index in [2.05, 4.69) is 16.8 Å². The molecule has 0 aliphatic rings. The first-order chi connectivity index (χ1) is 6.74. The van der Waals surface area contributed by atoms with Crippen LogP contribution in [-0.4, -0.2) is 15.8 Å². The molecule has 5 heteroatoms. The Morgan fingerprint density at radius 1 is 1.64 bits per heavy atom. The topological polar surface area (TPSA) is 56.0 Å². The molecular formula is C9H7ClN2O2. The van der Waals surface area contributed by atoms with Crippen LogP contribution in [0.25, 0.3) is 0 Å². The summed E-state index contributed by atoms with van der Waals surface area (Å²) in [7, 11) is 0. The lowest BCUT2D eigenvalue weighted by atomic mass is 10.3. The van der Waals surface area contributed by atoms with Gasteiger partial charge in [-0.1, -0.05) is 5.92 Å². The molecule has 14 heavy (non-hydrogen) atoms. The summed E-state index contributed by atoms with van der Waals surface area (Å²) in [5.41, 5.74) is 0.388. The molecule has 0 N–H and O–H groups in total. The number of aromatic nitrogens is 1. The van der Waals surface area contributed by atoms with Gasteiger partial charge in [0.15, 0.2) is 0 Å². The molecule has 0 aliphatic carbocycles. The van der Waals surface area contributed by atoms with E-state index in [4.69, 9.17) is 11.6 Å². The molecule has 0 atom stereocenters. The molecule has 1 heterocycles. The average Bonchev–Trinajstić information content (AvgIpc) is 2.19. The van der Waals surface area contributed by atoms with Crippen molar-refractivity contribution in [3.05, 3.63) is 34.1 Å². The van der Waals surface area contributed by atoms with Gasteiger partial charge in [-0.15, -0.1) is 11.6 Å². The number of nitrogens with zero attached hydrogens (tertiary/aromatic N) is 2. The summed E-state index contributed by atoms with van der Waals surface area (Å²) in [5.74, 6) is 5.89. The van der Waals surface area contributed by atoms with E-state index in [1.54, 1.807) is 0 Å². The van der Waals surface area contributed by atoms with Crippen LogP contribution in [0.3, 0.4) is 0 Å². The van der Waals surface area contributed by atoms with Gasteiger partial charge >= 0.3 is 0 Å². The normalized spacial score (nSPS) is 8.93. The number of pyridine rings is 1. The van der Waals surface area contributed by atoms with Crippen LogP contribution >= 0.6 is 11.6 Å². The predicted molar refractivity (Wildman–Crippen MR) is 53.1 cm³/mol. The fourth-order valence-electron chi connectivity index (χ4n) is 0.802. The van der Waals surface area contributed by atoms with Crippen LogP contribution in [0.4, 0.5) is 5.69 Å². The molecule has 0 amide bonds. The number of halogens is 1. The van der Waals surface area contributed by atoms with Gasteiger partial charge in [-0.2, -0.15) is 0 Å². The van der Waals surface area contributed by atoms with E-state index in [0.29, 0.717) is 18.0 Å². The quantitative estimate of drug-likeness (QED) is 0.325. The van der Waals surface area contributed by atoms with E-state index in [0.717, 1.165) is 0 Å². The maximum absolute atomic E-state index is 10.4. The molecule has 0 unspecified atom stereocenters. The van der Waals surface area contributed by atoms with Crippen LogP contribution < -0.4 is 0 Å². The number of alkyl halides is 1. The van der Waals surface area contributed by atoms with Gasteiger partial charge in [0.2, 0.25) is 0 Å². The molecule has 0 aromatic carbocycles. The first-order valence-corrected chi connectivity index (χ1v) is 4.43. The SMILES string of the molecule is O=[N+]([O-])c1ccnc(C#CCCCl)c1. The van der Waals surface area contributed by atoms with Gasteiger partial charge in [0.05, 0.1) is 11.0 Å². The standard InChI is InChI=1S/C9H7ClN2O2/c10-5-2-1-3-8-7-9(12(13)14)4-6-11-8/h4,6-7H,2,5H2. The van der Waals surface area contributed by atoms with Crippen LogP contribution in [0.15, 0.2) is 18.3 Å². The molecule has 1 aromatic rings. The zero-order chi connectivity index (χ0) is 10.4. The molecular weight excluding hydrogens is 204 g/mol.